The highest BCUT2D eigenvalue weighted by Crippen LogP contribution is 2.40. The van der Waals surface area contributed by atoms with Gasteiger partial charge in [0.2, 0.25) is 0 Å². The Morgan fingerprint density at radius 2 is 1.79 bits per heavy atom. The highest BCUT2D eigenvalue weighted by Gasteiger charge is 2.22. The van der Waals surface area contributed by atoms with E-state index in [1.54, 1.807) is 18.2 Å². The average Bonchev–Trinajstić information content (AvgIpc) is 2.89. The lowest BCUT2D eigenvalue weighted by atomic mass is 9.93. The number of aliphatic hydroxyl groups excluding tert-OH is 1. The third kappa shape index (κ3) is 6.63. The molecule has 8 nitrogen and oxygen atoms in total. The third-order valence-corrected chi connectivity index (χ3v) is 6.03. The molecule has 38 heavy (non-hydrogen) atoms. The molecule has 200 valence electrons. The summed E-state index contributed by atoms with van der Waals surface area (Å²) in [4.78, 5) is 24.0. The first-order chi connectivity index (χ1) is 18.2. The van der Waals surface area contributed by atoms with Crippen molar-refractivity contribution in [3.05, 3.63) is 82.4 Å². The molecule has 0 saturated carbocycles. The lowest BCUT2D eigenvalue weighted by Gasteiger charge is -2.24. The van der Waals surface area contributed by atoms with Crippen molar-refractivity contribution < 1.29 is 33.6 Å². The topological polar surface area (TPSA) is 103 Å². The van der Waals surface area contributed by atoms with E-state index in [1.807, 2.05) is 51.1 Å². The lowest BCUT2D eigenvalue weighted by molar-refractivity contribution is -0.139. The maximum Gasteiger partial charge on any atom is 0.407 e. The molecule has 1 heterocycles. The van der Waals surface area contributed by atoms with Gasteiger partial charge in [-0.25, -0.2) is 4.79 Å². The van der Waals surface area contributed by atoms with Crippen molar-refractivity contribution in [2.45, 2.75) is 59.2 Å². The molecule has 0 saturated heterocycles. The van der Waals surface area contributed by atoms with E-state index in [1.165, 1.54) is 7.11 Å². The smallest absolute Gasteiger partial charge is 0.407 e. The van der Waals surface area contributed by atoms with Crippen LogP contribution in [-0.4, -0.2) is 29.9 Å². The normalized spacial score (nSPS) is 12.0. The summed E-state index contributed by atoms with van der Waals surface area (Å²) in [6.07, 6.45) is -0.408. The fourth-order valence-corrected chi connectivity index (χ4v) is 4.19. The zero-order valence-electron chi connectivity index (χ0n) is 22.1. The Labute approximate surface area is 222 Å². The van der Waals surface area contributed by atoms with Crippen molar-refractivity contribution in [1.29, 1.82) is 0 Å². The maximum absolute atomic E-state index is 12.1. The molecule has 3 aromatic carbocycles. The molecule has 0 aliphatic carbocycles. The number of ether oxygens (including phenoxy) is 4. The summed E-state index contributed by atoms with van der Waals surface area (Å²) >= 11 is 0. The number of rotatable bonds is 8. The fraction of sp³-hybridized carbons (Fsp3) is 0.333. The zero-order valence-corrected chi connectivity index (χ0v) is 22.1. The van der Waals surface area contributed by atoms with Crippen molar-refractivity contribution in [2.24, 2.45) is 0 Å². The molecule has 3 aromatic rings. The van der Waals surface area contributed by atoms with Gasteiger partial charge < -0.3 is 29.4 Å². The second kappa shape index (κ2) is 11.6. The maximum atomic E-state index is 12.1. The first-order valence-electron chi connectivity index (χ1n) is 12.4. The van der Waals surface area contributed by atoms with E-state index >= 15 is 0 Å². The fourth-order valence-electron chi connectivity index (χ4n) is 4.19. The van der Waals surface area contributed by atoms with Crippen molar-refractivity contribution in [3.8, 4) is 22.6 Å². The van der Waals surface area contributed by atoms with Crippen molar-refractivity contribution in [1.82, 2.24) is 5.32 Å². The Hall–Kier alpha value is -4.04. The SMILES string of the molecule is COC(=O)Cc1ccc(CO)cc1OCc1ccc2c(c1)-c1cccc(CNC(=O)OC(C)(C)C)c1OC2. The summed E-state index contributed by atoms with van der Waals surface area (Å²) in [6, 6.07) is 17.2. The second-order valence-electron chi connectivity index (χ2n) is 10.1. The Kier molecular flexibility index (Phi) is 8.22. The van der Waals surface area contributed by atoms with E-state index < -0.39 is 11.7 Å². The van der Waals surface area contributed by atoms with Gasteiger partial charge in [0.05, 0.1) is 20.1 Å². The standard InChI is InChI=1S/C30H33NO7/c1-30(2,3)38-29(34)31-15-22-6-5-7-24-25-12-20(9-11-23(25)18-37-28(22)24)17-36-26-13-19(16-32)8-10-21(26)14-27(33)35-4/h5-13,32H,14-18H2,1-4H3,(H,31,34). The molecular weight excluding hydrogens is 486 g/mol. The summed E-state index contributed by atoms with van der Waals surface area (Å²) < 4.78 is 22.3. The number of methoxy groups -OCH3 is 1. The van der Waals surface area contributed by atoms with Gasteiger partial charge in [0, 0.05) is 23.2 Å². The molecule has 1 aliphatic rings. The number of fused-ring (bicyclic) bond motifs is 3. The van der Waals surface area contributed by atoms with Gasteiger partial charge in [-0.05, 0) is 55.2 Å². The van der Waals surface area contributed by atoms with E-state index in [2.05, 4.69) is 11.4 Å². The number of para-hydroxylation sites is 1. The monoisotopic (exact) mass is 519 g/mol. The van der Waals surface area contributed by atoms with E-state index in [-0.39, 0.29) is 32.1 Å². The van der Waals surface area contributed by atoms with Crippen molar-refractivity contribution >= 4 is 12.1 Å². The van der Waals surface area contributed by atoms with E-state index in [9.17, 15) is 14.7 Å². The van der Waals surface area contributed by atoms with Crippen LogP contribution in [0.2, 0.25) is 0 Å². The molecule has 0 bridgehead atoms. The van der Waals surface area contributed by atoms with Crippen LogP contribution in [0.1, 0.15) is 48.6 Å². The van der Waals surface area contributed by atoms with Gasteiger partial charge >= 0.3 is 12.1 Å². The molecule has 0 fully saturated rings. The number of carbonyl (C=O) groups is 2. The molecule has 0 radical (unpaired) electrons. The highest BCUT2D eigenvalue weighted by atomic mass is 16.6. The van der Waals surface area contributed by atoms with Crippen LogP contribution in [0.3, 0.4) is 0 Å². The lowest BCUT2D eigenvalue weighted by Crippen LogP contribution is -2.32. The molecule has 0 spiro atoms. The minimum absolute atomic E-state index is 0.0759. The first-order valence-corrected chi connectivity index (χ1v) is 12.4. The Bertz CT molecular complexity index is 1330. The van der Waals surface area contributed by atoms with E-state index in [0.29, 0.717) is 23.5 Å². The number of amides is 1. The molecule has 0 atom stereocenters. The quantitative estimate of drug-likeness (QED) is 0.401. The van der Waals surface area contributed by atoms with E-state index in [0.717, 1.165) is 33.6 Å². The summed E-state index contributed by atoms with van der Waals surface area (Å²) in [5.41, 5.74) is 5.61. The van der Waals surface area contributed by atoms with Crippen LogP contribution in [0.4, 0.5) is 4.79 Å². The highest BCUT2D eigenvalue weighted by molar-refractivity contribution is 5.77. The van der Waals surface area contributed by atoms with Crippen LogP contribution in [0.25, 0.3) is 11.1 Å². The van der Waals surface area contributed by atoms with Crippen LogP contribution in [-0.2, 0) is 47.1 Å². The predicted octanol–water partition coefficient (Wildman–Crippen LogP) is 5.06. The summed E-state index contributed by atoms with van der Waals surface area (Å²) in [7, 11) is 1.35. The number of carbonyl (C=O) groups excluding carboxylic acids is 2. The molecule has 1 aliphatic heterocycles. The molecule has 0 aromatic heterocycles. The third-order valence-electron chi connectivity index (χ3n) is 6.03. The summed E-state index contributed by atoms with van der Waals surface area (Å²) in [5, 5.41) is 12.3. The van der Waals surface area contributed by atoms with Crippen LogP contribution in [0, 0.1) is 0 Å². The molecular formula is C30H33NO7. The van der Waals surface area contributed by atoms with Gasteiger partial charge in [0.25, 0.3) is 0 Å². The molecule has 8 heteroatoms. The first kappa shape index (κ1) is 27.0. The number of hydrogen-bond acceptors (Lipinski definition) is 7. The molecule has 1 amide bonds. The van der Waals surface area contributed by atoms with E-state index in [4.69, 9.17) is 18.9 Å². The van der Waals surface area contributed by atoms with Crippen molar-refractivity contribution in [3.63, 3.8) is 0 Å². The molecule has 2 N–H and O–H groups in total. The number of hydrogen-bond donors (Lipinski definition) is 2. The number of aliphatic hydroxyl groups is 1. The Balaban J connectivity index is 1.53. The minimum Gasteiger partial charge on any atom is -0.489 e. The number of alkyl carbamates (subject to hydrolysis) is 1. The second-order valence-corrected chi connectivity index (χ2v) is 10.1. The average molecular weight is 520 g/mol. The van der Waals surface area contributed by atoms with Gasteiger partial charge in [0.1, 0.15) is 30.3 Å². The summed E-state index contributed by atoms with van der Waals surface area (Å²) in [5.74, 6) is 0.887. The van der Waals surface area contributed by atoms with Crippen LogP contribution >= 0.6 is 0 Å². The molecule has 4 rings (SSSR count). The Morgan fingerprint density at radius 1 is 1.00 bits per heavy atom. The minimum atomic E-state index is -0.576. The van der Waals surface area contributed by atoms with Gasteiger partial charge in [0.15, 0.2) is 0 Å². The van der Waals surface area contributed by atoms with Gasteiger partial charge in [-0.3, -0.25) is 4.79 Å². The predicted molar refractivity (Wildman–Crippen MR) is 142 cm³/mol. The number of esters is 1. The van der Waals surface area contributed by atoms with Crippen molar-refractivity contribution in [2.75, 3.05) is 7.11 Å². The van der Waals surface area contributed by atoms with Gasteiger partial charge in [-0.15, -0.1) is 0 Å². The Morgan fingerprint density at radius 3 is 2.53 bits per heavy atom. The van der Waals surface area contributed by atoms with Crippen LogP contribution < -0.4 is 14.8 Å². The van der Waals surface area contributed by atoms with Crippen LogP contribution in [0.15, 0.2) is 54.6 Å². The number of benzene rings is 3. The van der Waals surface area contributed by atoms with Gasteiger partial charge in [-0.2, -0.15) is 0 Å². The summed E-state index contributed by atoms with van der Waals surface area (Å²) in [6.45, 7) is 6.29. The number of nitrogens with one attached hydrogen (secondary N) is 1. The molecule has 0 unspecified atom stereocenters. The zero-order chi connectivity index (χ0) is 27.3. The largest absolute Gasteiger partial charge is 0.489 e. The van der Waals surface area contributed by atoms with Gasteiger partial charge in [-0.1, -0.05) is 42.5 Å². The van der Waals surface area contributed by atoms with Crippen LogP contribution in [0.5, 0.6) is 11.5 Å².